The van der Waals surface area contributed by atoms with Crippen LogP contribution in [-0.4, -0.2) is 71.0 Å². The highest BCUT2D eigenvalue weighted by Crippen LogP contribution is 2.38. The molecule has 3 aliphatic rings. The monoisotopic (exact) mass is 606 g/mol. The van der Waals surface area contributed by atoms with Crippen LogP contribution in [0.1, 0.15) is 23.2 Å². The minimum absolute atomic E-state index is 0.00289. The average molecular weight is 607 g/mol. The van der Waals surface area contributed by atoms with Crippen molar-refractivity contribution in [2.45, 2.75) is 18.9 Å². The molecule has 1 spiro atoms. The number of pyridine rings is 3. The number of hydrogen-bond acceptors (Lipinski definition) is 8. The summed E-state index contributed by atoms with van der Waals surface area (Å²) < 4.78 is 7.67. The van der Waals surface area contributed by atoms with Crippen LogP contribution in [0.5, 0.6) is 5.88 Å². The van der Waals surface area contributed by atoms with Crippen molar-refractivity contribution in [2.75, 3.05) is 49.1 Å². The van der Waals surface area contributed by atoms with Gasteiger partial charge in [0.15, 0.2) is 0 Å². The molecule has 42 heavy (non-hydrogen) atoms. The van der Waals surface area contributed by atoms with E-state index in [-0.39, 0.29) is 17.0 Å². The first-order valence-electron chi connectivity index (χ1n) is 13.9. The highest BCUT2D eigenvalue weighted by molar-refractivity contribution is 6.34. The Morgan fingerprint density at radius 3 is 2.67 bits per heavy atom. The smallest absolute Gasteiger partial charge is 0.341 e. The van der Waals surface area contributed by atoms with E-state index in [1.54, 1.807) is 35.2 Å². The second-order valence-corrected chi connectivity index (χ2v) is 12.1. The minimum Gasteiger partial charge on any atom is -0.477 e. The van der Waals surface area contributed by atoms with Crippen LogP contribution in [0.3, 0.4) is 0 Å². The van der Waals surface area contributed by atoms with Crippen molar-refractivity contribution < 1.29 is 14.6 Å². The Kier molecular flexibility index (Phi) is 6.72. The van der Waals surface area contributed by atoms with Crippen molar-refractivity contribution in [1.29, 1.82) is 0 Å². The number of hydrogen-bond donors (Lipinski definition) is 2. The summed E-state index contributed by atoms with van der Waals surface area (Å²) in [5.41, 5.74) is 1.37. The molecule has 0 radical (unpaired) electrons. The zero-order valence-corrected chi connectivity index (χ0v) is 24.1. The molecule has 0 saturated carbocycles. The molecule has 216 valence electrons. The van der Waals surface area contributed by atoms with Crippen molar-refractivity contribution >= 4 is 51.6 Å². The summed E-state index contributed by atoms with van der Waals surface area (Å²) in [7, 11) is 0. The summed E-state index contributed by atoms with van der Waals surface area (Å²) in [6, 6.07) is 10.7. The second-order valence-electron chi connectivity index (χ2n) is 11.3. The first kappa shape index (κ1) is 27.0. The number of aromatic carboxylic acids is 1. The van der Waals surface area contributed by atoms with E-state index in [9.17, 15) is 14.7 Å². The average Bonchev–Trinajstić information content (AvgIpc) is 3.40. The molecule has 0 bridgehead atoms. The SMILES string of the molecule is O=C(O)c1cn(-c2ccc(N3CC4(CNC4)C3)nc2)c2cc(N3CCC[C@@H]3COc3ncccc3Cl)c(Cl)cc2c1=O. The summed E-state index contributed by atoms with van der Waals surface area (Å²) in [5.74, 6) is -0.0542. The van der Waals surface area contributed by atoms with Crippen LogP contribution in [0.2, 0.25) is 10.0 Å². The fourth-order valence-corrected chi connectivity index (χ4v) is 6.68. The molecule has 1 aromatic carbocycles. The molecule has 2 N–H and O–H groups in total. The number of nitrogens with one attached hydrogen (secondary N) is 1. The topological polar surface area (TPSA) is 113 Å². The van der Waals surface area contributed by atoms with Gasteiger partial charge in [-0.2, -0.15) is 0 Å². The van der Waals surface area contributed by atoms with Gasteiger partial charge in [-0.25, -0.2) is 14.8 Å². The van der Waals surface area contributed by atoms with E-state index in [4.69, 9.17) is 27.9 Å². The van der Waals surface area contributed by atoms with Crippen molar-refractivity contribution in [2.24, 2.45) is 5.41 Å². The molecule has 4 aromatic rings. The number of carboxylic acids is 1. The summed E-state index contributed by atoms with van der Waals surface area (Å²) in [6.07, 6.45) is 6.52. The molecular formula is C30H28Cl2N6O4. The standard InChI is InChI=1S/C30H28Cl2N6O4/c31-22-4-1-7-34-28(22)42-13-19-3-2-8-37(19)25-10-24-20(9-23(25)32)27(39)21(29(40)41)12-38(24)18-5-6-26(35-11-18)36-16-30(17-36)14-33-15-30/h1,4-7,9-12,19,33H,2-3,8,13-17H2,(H,40,41)/t19-/m1/s1. The maximum Gasteiger partial charge on any atom is 0.341 e. The Morgan fingerprint density at radius 2 is 1.98 bits per heavy atom. The summed E-state index contributed by atoms with van der Waals surface area (Å²) in [4.78, 5) is 38.6. The van der Waals surface area contributed by atoms with Gasteiger partial charge in [-0.1, -0.05) is 23.2 Å². The van der Waals surface area contributed by atoms with Crippen LogP contribution in [0.4, 0.5) is 11.5 Å². The minimum atomic E-state index is -1.30. The summed E-state index contributed by atoms with van der Waals surface area (Å²) in [6.45, 7) is 5.10. The lowest BCUT2D eigenvalue weighted by molar-refractivity contribution is 0.0695. The van der Waals surface area contributed by atoms with Gasteiger partial charge in [0.2, 0.25) is 11.3 Å². The molecule has 6 heterocycles. The molecule has 10 nitrogen and oxygen atoms in total. The second kappa shape index (κ2) is 10.4. The third-order valence-electron chi connectivity index (χ3n) is 8.51. The summed E-state index contributed by atoms with van der Waals surface area (Å²) >= 11 is 13.0. The van der Waals surface area contributed by atoms with Crippen molar-refractivity contribution in [1.82, 2.24) is 19.9 Å². The number of aromatic nitrogens is 3. The molecule has 7 rings (SSSR count). The van der Waals surface area contributed by atoms with Gasteiger partial charge < -0.3 is 29.5 Å². The maximum atomic E-state index is 13.2. The predicted molar refractivity (Wildman–Crippen MR) is 162 cm³/mol. The van der Waals surface area contributed by atoms with Gasteiger partial charge in [0, 0.05) is 55.9 Å². The number of benzene rings is 1. The van der Waals surface area contributed by atoms with Crippen LogP contribution in [0.25, 0.3) is 16.6 Å². The molecule has 12 heteroatoms. The first-order chi connectivity index (χ1) is 20.3. The van der Waals surface area contributed by atoms with Crippen LogP contribution in [0.15, 0.2) is 59.8 Å². The largest absolute Gasteiger partial charge is 0.477 e. The van der Waals surface area contributed by atoms with Gasteiger partial charge >= 0.3 is 5.97 Å². The highest BCUT2D eigenvalue weighted by Gasteiger charge is 2.47. The number of anilines is 2. The molecule has 3 aliphatic heterocycles. The normalized spacial score (nSPS) is 19.1. The zero-order valence-electron chi connectivity index (χ0n) is 22.6. The number of ether oxygens (including phenoxy) is 1. The quantitative estimate of drug-likeness (QED) is 0.319. The van der Waals surface area contributed by atoms with Gasteiger partial charge in [-0.05, 0) is 49.2 Å². The van der Waals surface area contributed by atoms with Gasteiger partial charge in [-0.15, -0.1) is 0 Å². The van der Waals surface area contributed by atoms with E-state index in [2.05, 4.69) is 25.1 Å². The van der Waals surface area contributed by atoms with Crippen LogP contribution in [-0.2, 0) is 0 Å². The lowest BCUT2D eigenvalue weighted by atomic mass is 9.74. The van der Waals surface area contributed by atoms with E-state index in [0.717, 1.165) is 57.1 Å². The number of rotatable bonds is 7. The third-order valence-corrected chi connectivity index (χ3v) is 9.10. The molecule has 0 unspecified atom stereocenters. The van der Waals surface area contributed by atoms with Gasteiger partial charge in [0.1, 0.15) is 23.0 Å². The van der Waals surface area contributed by atoms with E-state index in [1.165, 1.54) is 6.20 Å². The fraction of sp³-hybridized carbons (Fsp3) is 0.333. The Labute approximate surface area is 251 Å². The van der Waals surface area contributed by atoms with Gasteiger partial charge in [-0.3, -0.25) is 4.79 Å². The molecular weight excluding hydrogens is 579 g/mol. The Bertz CT molecular complexity index is 1750. The van der Waals surface area contributed by atoms with Crippen molar-refractivity contribution in [3.05, 3.63) is 80.8 Å². The zero-order chi connectivity index (χ0) is 29.0. The predicted octanol–water partition coefficient (Wildman–Crippen LogP) is 4.24. The first-order valence-corrected chi connectivity index (χ1v) is 14.6. The van der Waals surface area contributed by atoms with Gasteiger partial charge in [0.25, 0.3) is 0 Å². The highest BCUT2D eigenvalue weighted by atomic mass is 35.5. The molecule has 0 amide bonds. The lowest BCUT2D eigenvalue weighted by Crippen LogP contribution is -2.71. The molecule has 3 fully saturated rings. The van der Waals surface area contributed by atoms with Gasteiger partial charge in [0.05, 0.1) is 34.2 Å². The number of nitrogens with zero attached hydrogens (tertiary/aromatic N) is 5. The summed E-state index contributed by atoms with van der Waals surface area (Å²) in [5, 5.41) is 14.2. The van der Waals surface area contributed by atoms with E-state index < -0.39 is 11.4 Å². The van der Waals surface area contributed by atoms with Crippen molar-refractivity contribution in [3.63, 3.8) is 0 Å². The Balaban J connectivity index is 1.24. The molecule has 1 atom stereocenters. The lowest BCUT2D eigenvalue weighted by Gasteiger charge is -2.56. The van der Waals surface area contributed by atoms with Crippen LogP contribution < -0.4 is 25.3 Å². The van der Waals surface area contributed by atoms with Crippen LogP contribution >= 0.6 is 23.2 Å². The van der Waals surface area contributed by atoms with Crippen molar-refractivity contribution in [3.8, 4) is 11.6 Å². The van der Waals surface area contributed by atoms with Crippen LogP contribution in [0, 0.1) is 5.41 Å². The molecule has 3 saturated heterocycles. The third kappa shape index (κ3) is 4.63. The Morgan fingerprint density at radius 1 is 1.14 bits per heavy atom. The van der Waals surface area contributed by atoms with E-state index >= 15 is 0 Å². The fourth-order valence-electron chi connectivity index (χ4n) is 6.23. The number of carbonyl (C=O) groups is 1. The van der Waals surface area contributed by atoms with E-state index in [1.807, 2.05) is 18.2 Å². The number of carboxylic acid groups (broad SMARTS) is 1. The van der Waals surface area contributed by atoms with E-state index in [0.29, 0.717) is 39.2 Å². The number of fused-ring (bicyclic) bond motifs is 1. The molecule has 3 aromatic heterocycles. The Hall–Kier alpha value is -3.86. The maximum absolute atomic E-state index is 13.2. The molecule has 0 aliphatic carbocycles. The number of halogens is 2.